The Kier molecular flexibility index (Phi) is 5.03. The summed E-state index contributed by atoms with van der Waals surface area (Å²) in [5, 5.41) is 3.25. The summed E-state index contributed by atoms with van der Waals surface area (Å²) in [7, 11) is 2.00. The average molecular weight is 275 g/mol. The van der Waals surface area contributed by atoms with Gasteiger partial charge in [-0.1, -0.05) is 27.7 Å². The zero-order chi connectivity index (χ0) is 14.7. The van der Waals surface area contributed by atoms with Crippen LogP contribution in [0.3, 0.4) is 0 Å². The molecule has 0 amide bonds. The Morgan fingerprint density at radius 1 is 1.25 bits per heavy atom. The van der Waals surface area contributed by atoms with Crippen LogP contribution in [0.5, 0.6) is 0 Å². The molecule has 3 heteroatoms. The third-order valence-electron chi connectivity index (χ3n) is 4.06. The lowest BCUT2D eigenvalue weighted by Crippen LogP contribution is -2.39. The standard InChI is InChI=1S/C17H29N3/c1-12(2)16-7-15(9-18-5)8-17(19-16)20-10-13(3)6-14(4)11-20/h7-8,12-14,18H,6,9-11H2,1-5H3. The van der Waals surface area contributed by atoms with Crippen molar-refractivity contribution in [2.75, 3.05) is 25.0 Å². The number of pyridine rings is 1. The van der Waals surface area contributed by atoms with Crippen LogP contribution < -0.4 is 10.2 Å². The molecule has 2 heterocycles. The summed E-state index contributed by atoms with van der Waals surface area (Å²) in [6, 6.07) is 4.49. The number of nitrogens with one attached hydrogen (secondary N) is 1. The Morgan fingerprint density at radius 3 is 2.45 bits per heavy atom. The van der Waals surface area contributed by atoms with Crippen molar-refractivity contribution in [2.24, 2.45) is 11.8 Å². The molecule has 2 unspecified atom stereocenters. The predicted molar refractivity (Wildman–Crippen MR) is 86.2 cm³/mol. The van der Waals surface area contributed by atoms with Crippen LogP contribution in [0.4, 0.5) is 5.82 Å². The molecule has 20 heavy (non-hydrogen) atoms. The average Bonchev–Trinajstić information content (AvgIpc) is 2.37. The Hall–Kier alpha value is -1.09. The second-order valence-corrected chi connectivity index (χ2v) is 6.79. The van der Waals surface area contributed by atoms with Gasteiger partial charge in [-0.3, -0.25) is 0 Å². The molecule has 1 aliphatic heterocycles. The quantitative estimate of drug-likeness (QED) is 0.913. The van der Waals surface area contributed by atoms with Gasteiger partial charge in [-0.15, -0.1) is 0 Å². The molecule has 1 aliphatic rings. The van der Waals surface area contributed by atoms with Crippen LogP contribution in [0.1, 0.15) is 51.3 Å². The Labute approximate surface area is 123 Å². The van der Waals surface area contributed by atoms with Gasteiger partial charge in [-0.05, 0) is 48.9 Å². The second-order valence-electron chi connectivity index (χ2n) is 6.79. The van der Waals surface area contributed by atoms with E-state index in [0.29, 0.717) is 5.92 Å². The number of aromatic nitrogens is 1. The molecule has 2 rings (SSSR count). The van der Waals surface area contributed by atoms with Crippen LogP contribution in [0.2, 0.25) is 0 Å². The minimum Gasteiger partial charge on any atom is -0.356 e. The molecule has 0 radical (unpaired) electrons. The topological polar surface area (TPSA) is 28.2 Å². The highest BCUT2D eigenvalue weighted by Gasteiger charge is 2.23. The van der Waals surface area contributed by atoms with Crippen LogP contribution in [-0.2, 0) is 6.54 Å². The van der Waals surface area contributed by atoms with E-state index >= 15 is 0 Å². The van der Waals surface area contributed by atoms with E-state index in [2.05, 4.69) is 50.0 Å². The summed E-state index contributed by atoms with van der Waals surface area (Å²) < 4.78 is 0. The van der Waals surface area contributed by atoms with Gasteiger partial charge in [-0.25, -0.2) is 4.98 Å². The maximum Gasteiger partial charge on any atom is 0.129 e. The Bertz CT molecular complexity index is 432. The van der Waals surface area contributed by atoms with Crippen LogP contribution >= 0.6 is 0 Å². The fourth-order valence-corrected chi connectivity index (χ4v) is 3.21. The molecule has 1 saturated heterocycles. The molecule has 1 fully saturated rings. The highest BCUT2D eigenvalue weighted by Crippen LogP contribution is 2.27. The van der Waals surface area contributed by atoms with Crippen LogP contribution in [-0.4, -0.2) is 25.1 Å². The molecule has 0 aromatic carbocycles. The highest BCUT2D eigenvalue weighted by atomic mass is 15.2. The van der Waals surface area contributed by atoms with Gasteiger partial charge in [0, 0.05) is 25.3 Å². The van der Waals surface area contributed by atoms with E-state index in [0.717, 1.165) is 31.5 Å². The minimum atomic E-state index is 0.477. The van der Waals surface area contributed by atoms with E-state index in [1.807, 2.05) is 7.05 Å². The number of hydrogen-bond acceptors (Lipinski definition) is 3. The number of anilines is 1. The molecule has 112 valence electrons. The first-order valence-electron chi connectivity index (χ1n) is 7.90. The summed E-state index contributed by atoms with van der Waals surface area (Å²) in [6.07, 6.45) is 1.34. The predicted octanol–water partition coefficient (Wildman–Crippen LogP) is 3.41. The maximum absolute atomic E-state index is 4.91. The molecule has 1 N–H and O–H groups in total. The van der Waals surface area contributed by atoms with Gasteiger partial charge in [0.05, 0.1) is 0 Å². The van der Waals surface area contributed by atoms with E-state index in [4.69, 9.17) is 4.98 Å². The third-order valence-corrected chi connectivity index (χ3v) is 4.06. The van der Waals surface area contributed by atoms with Crippen molar-refractivity contribution in [3.8, 4) is 0 Å². The molecule has 0 spiro atoms. The lowest BCUT2D eigenvalue weighted by molar-refractivity contribution is 0.355. The summed E-state index contributed by atoms with van der Waals surface area (Å²) in [5.41, 5.74) is 2.55. The monoisotopic (exact) mass is 275 g/mol. The van der Waals surface area contributed by atoms with E-state index < -0.39 is 0 Å². The summed E-state index contributed by atoms with van der Waals surface area (Å²) in [5.74, 6) is 3.16. The van der Waals surface area contributed by atoms with E-state index in [9.17, 15) is 0 Å². The van der Waals surface area contributed by atoms with E-state index in [1.165, 1.54) is 23.5 Å². The fourth-order valence-electron chi connectivity index (χ4n) is 3.21. The SMILES string of the molecule is CNCc1cc(C(C)C)nc(N2CC(C)CC(C)C2)c1. The zero-order valence-corrected chi connectivity index (χ0v) is 13.6. The van der Waals surface area contributed by atoms with Crippen molar-refractivity contribution in [1.82, 2.24) is 10.3 Å². The first-order chi connectivity index (χ1) is 9.49. The van der Waals surface area contributed by atoms with Gasteiger partial charge in [0.2, 0.25) is 0 Å². The molecular weight excluding hydrogens is 246 g/mol. The lowest BCUT2D eigenvalue weighted by Gasteiger charge is -2.36. The lowest BCUT2D eigenvalue weighted by atomic mass is 9.92. The van der Waals surface area contributed by atoms with E-state index in [-0.39, 0.29) is 0 Å². The molecule has 0 bridgehead atoms. The Balaban J connectivity index is 2.29. The summed E-state index contributed by atoms with van der Waals surface area (Å²) in [6.45, 7) is 12.3. The van der Waals surface area contributed by atoms with Crippen molar-refractivity contribution in [3.63, 3.8) is 0 Å². The molecule has 3 nitrogen and oxygen atoms in total. The number of nitrogens with zero attached hydrogens (tertiary/aromatic N) is 2. The largest absolute Gasteiger partial charge is 0.356 e. The third kappa shape index (κ3) is 3.72. The maximum atomic E-state index is 4.91. The van der Waals surface area contributed by atoms with Gasteiger partial charge in [-0.2, -0.15) is 0 Å². The molecule has 1 aromatic rings. The number of hydrogen-bond donors (Lipinski definition) is 1. The zero-order valence-electron chi connectivity index (χ0n) is 13.6. The first-order valence-corrected chi connectivity index (χ1v) is 7.90. The van der Waals surface area contributed by atoms with Crippen LogP contribution in [0.25, 0.3) is 0 Å². The van der Waals surface area contributed by atoms with Crippen LogP contribution in [0, 0.1) is 11.8 Å². The highest BCUT2D eigenvalue weighted by molar-refractivity contribution is 5.44. The van der Waals surface area contributed by atoms with Crippen molar-refractivity contribution >= 4 is 5.82 Å². The molecule has 0 saturated carbocycles. The normalized spacial score (nSPS) is 23.4. The summed E-state index contributed by atoms with van der Waals surface area (Å²) in [4.78, 5) is 7.38. The number of rotatable bonds is 4. The Morgan fingerprint density at radius 2 is 1.90 bits per heavy atom. The summed E-state index contributed by atoms with van der Waals surface area (Å²) >= 11 is 0. The smallest absolute Gasteiger partial charge is 0.129 e. The minimum absolute atomic E-state index is 0.477. The molecule has 0 aliphatic carbocycles. The molecule has 1 aromatic heterocycles. The fraction of sp³-hybridized carbons (Fsp3) is 0.706. The van der Waals surface area contributed by atoms with Crippen LogP contribution in [0.15, 0.2) is 12.1 Å². The van der Waals surface area contributed by atoms with Crippen molar-refractivity contribution in [2.45, 2.75) is 46.6 Å². The first kappa shape index (κ1) is 15.3. The number of piperidine rings is 1. The van der Waals surface area contributed by atoms with Crippen molar-refractivity contribution in [3.05, 3.63) is 23.4 Å². The molecular formula is C17H29N3. The van der Waals surface area contributed by atoms with Gasteiger partial charge in [0.15, 0.2) is 0 Å². The van der Waals surface area contributed by atoms with Crippen molar-refractivity contribution in [1.29, 1.82) is 0 Å². The van der Waals surface area contributed by atoms with Gasteiger partial charge >= 0.3 is 0 Å². The van der Waals surface area contributed by atoms with E-state index in [1.54, 1.807) is 0 Å². The molecule has 2 atom stereocenters. The van der Waals surface area contributed by atoms with Gasteiger partial charge in [0.1, 0.15) is 5.82 Å². The van der Waals surface area contributed by atoms with Crippen molar-refractivity contribution < 1.29 is 0 Å². The second kappa shape index (κ2) is 6.57. The van der Waals surface area contributed by atoms with Gasteiger partial charge < -0.3 is 10.2 Å². The van der Waals surface area contributed by atoms with Gasteiger partial charge in [0.25, 0.3) is 0 Å².